The molecule has 0 aliphatic carbocycles. The molecule has 3 aromatic carbocycles. The average molecular weight is 473 g/mol. The number of esters is 1. The molecule has 0 bridgehead atoms. The van der Waals surface area contributed by atoms with Crippen molar-refractivity contribution in [3.05, 3.63) is 70.2 Å². The van der Waals surface area contributed by atoms with E-state index in [0.717, 1.165) is 10.8 Å². The number of carbonyl (C=O) groups is 2. The number of para-hydroxylation sites is 1. The normalized spacial score (nSPS) is 10.3. The number of methoxy groups -OCH3 is 2. The minimum atomic E-state index is -0.512. The summed E-state index contributed by atoms with van der Waals surface area (Å²) in [6.45, 7) is 0. The maximum atomic E-state index is 12.9. The Balaban J connectivity index is 1.86. The van der Waals surface area contributed by atoms with E-state index in [9.17, 15) is 9.59 Å². The Bertz CT molecular complexity index is 1120. The molecule has 0 saturated heterocycles. The number of nitrogens with one attached hydrogen (secondary N) is 2. The van der Waals surface area contributed by atoms with Crippen LogP contribution in [0.2, 0.25) is 0 Å². The molecule has 8 heteroatoms. The molecule has 1 amide bonds. The molecule has 0 atom stereocenters. The van der Waals surface area contributed by atoms with Gasteiger partial charge in [-0.1, -0.05) is 36.4 Å². The number of amides is 1. The van der Waals surface area contributed by atoms with E-state index in [2.05, 4.69) is 26.6 Å². The van der Waals surface area contributed by atoms with Gasteiger partial charge < -0.3 is 14.8 Å². The Labute approximate surface area is 181 Å². The van der Waals surface area contributed by atoms with Crippen LogP contribution in [0.15, 0.2) is 59.1 Å². The molecule has 0 radical (unpaired) electrons. The summed E-state index contributed by atoms with van der Waals surface area (Å²) < 4.78 is 10.9. The third kappa shape index (κ3) is 4.38. The van der Waals surface area contributed by atoms with Crippen LogP contribution in [0.4, 0.5) is 5.69 Å². The topological polar surface area (TPSA) is 76.7 Å². The van der Waals surface area contributed by atoms with E-state index in [0.29, 0.717) is 27.0 Å². The van der Waals surface area contributed by atoms with Crippen molar-refractivity contribution in [1.29, 1.82) is 0 Å². The predicted molar refractivity (Wildman–Crippen MR) is 120 cm³/mol. The van der Waals surface area contributed by atoms with Crippen molar-refractivity contribution in [2.45, 2.75) is 0 Å². The van der Waals surface area contributed by atoms with Gasteiger partial charge >= 0.3 is 5.97 Å². The summed E-state index contributed by atoms with van der Waals surface area (Å²) in [4.78, 5) is 24.8. The molecule has 29 heavy (non-hydrogen) atoms. The van der Waals surface area contributed by atoms with Crippen LogP contribution >= 0.6 is 28.1 Å². The molecule has 3 rings (SSSR count). The summed E-state index contributed by atoms with van der Waals surface area (Å²) in [5, 5.41) is 7.33. The first-order valence-electron chi connectivity index (χ1n) is 8.51. The largest absolute Gasteiger partial charge is 0.495 e. The summed E-state index contributed by atoms with van der Waals surface area (Å²) in [6.07, 6.45) is 0. The summed E-state index contributed by atoms with van der Waals surface area (Å²) in [6, 6.07) is 16.1. The van der Waals surface area contributed by atoms with Crippen LogP contribution in [0.25, 0.3) is 10.8 Å². The minimum absolute atomic E-state index is 0.0395. The molecule has 0 unspecified atom stereocenters. The third-order valence-corrected chi connectivity index (χ3v) is 5.19. The highest BCUT2D eigenvalue weighted by atomic mass is 79.9. The highest BCUT2D eigenvalue weighted by Crippen LogP contribution is 2.36. The Morgan fingerprint density at radius 2 is 1.69 bits per heavy atom. The predicted octanol–water partition coefficient (Wildman–Crippen LogP) is 4.52. The molecule has 0 fully saturated rings. The van der Waals surface area contributed by atoms with Crippen LogP contribution in [0.5, 0.6) is 5.75 Å². The number of hydrogen-bond donors (Lipinski definition) is 2. The van der Waals surface area contributed by atoms with Gasteiger partial charge in [0.15, 0.2) is 5.11 Å². The number of benzene rings is 3. The van der Waals surface area contributed by atoms with Crippen molar-refractivity contribution in [3.8, 4) is 5.75 Å². The van der Waals surface area contributed by atoms with Gasteiger partial charge in [0.1, 0.15) is 5.75 Å². The molecule has 6 nitrogen and oxygen atoms in total. The lowest BCUT2D eigenvalue weighted by Crippen LogP contribution is -2.34. The fourth-order valence-electron chi connectivity index (χ4n) is 2.86. The number of rotatable bonds is 4. The second kappa shape index (κ2) is 9.02. The third-order valence-electron chi connectivity index (χ3n) is 4.20. The van der Waals surface area contributed by atoms with E-state index in [1.165, 1.54) is 14.2 Å². The molecular formula is C21H17BrN2O4S. The van der Waals surface area contributed by atoms with Gasteiger partial charge in [-0.15, -0.1) is 0 Å². The molecule has 0 aromatic heterocycles. The van der Waals surface area contributed by atoms with Gasteiger partial charge in [0, 0.05) is 0 Å². The zero-order valence-electron chi connectivity index (χ0n) is 15.6. The Hall–Kier alpha value is -2.97. The van der Waals surface area contributed by atoms with Crippen LogP contribution in [0.3, 0.4) is 0 Å². The number of halogens is 1. The molecular weight excluding hydrogens is 456 g/mol. The minimum Gasteiger partial charge on any atom is -0.495 e. The number of thiocarbonyl (C=S) groups is 1. The van der Waals surface area contributed by atoms with Gasteiger partial charge in [-0.25, -0.2) is 4.79 Å². The van der Waals surface area contributed by atoms with Gasteiger partial charge in [-0.2, -0.15) is 0 Å². The van der Waals surface area contributed by atoms with E-state index in [1.54, 1.807) is 30.3 Å². The van der Waals surface area contributed by atoms with Crippen LogP contribution in [0.1, 0.15) is 20.7 Å². The van der Waals surface area contributed by atoms with Gasteiger partial charge in [0.05, 0.1) is 35.5 Å². The second-order valence-electron chi connectivity index (χ2n) is 5.94. The second-order valence-corrected chi connectivity index (χ2v) is 7.14. The molecule has 0 heterocycles. The SMILES string of the molecule is COC(=O)c1ccccc1NC(=S)NC(=O)c1cc2ccccc2c(Br)c1OC. The fraction of sp³-hybridized carbons (Fsp3) is 0.0952. The first kappa shape index (κ1) is 20.8. The highest BCUT2D eigenvalue weighted by molar-refractivity contribution is 9.10. The molecule has 3 aromatic rings. The number of fused-ring (bicyclic) bond motifs is 1. The fourth-order valence-corrected chi connectivity index (χ4v) is 3.80. The van der Waals surface area contributed by atoms with Gasteiger partial charge in [-0.05, 0) is 57.1 Å². The molecule has 2 N–H and O–H groups in total. The van der Waals surface area contributed by atoms with Crippen LogP contribution in [-0.4, -0.2) is 31.2 Å². The zero-order chi connectivity index (χ0) is 21.0. The van der Waals surface area contributed by atoms with Crippen molar-refractivity contribution in [3.63, 3.8) is 0 Å². The average Bonchev–Trinajstić information content (AvgIpc) is 2.73. The first-order valence-corrected chi connectivity index (χ1v) is 9.71. The lowest BCUT2D eigenvalue weighted by Gasteiger charge is -2.15. The Kier molecular flexibility index (Phi) is 6.46. The quantitative estimate of drug-likeness (QED) is 0.429. The Morgan fingerprint density at radius 1 is 1.00 bits per heavy atom. The van der Waals surface area contributed by atoms with E-state index < -0.39 is 11.9 Å². The molecule has 0 saturated carbocycles. The monoisotopic (exact) mass is 472 g/mol. The van der Waals surface area contributed by atoms with Crippen molar-refractivity contribution in [2.24, 2.45) is 0 Å². The molecule has 148 valence electrons. The van der Waals surface area contributed by atoms with Crippen LogP contribution in [-0.2, 0) is 4.74 Å². The number of carbonyl (C=O) groups excluding carboxylic acids is 2. The maximum Gasteiger partial charge on any atom is 0.339 e. The van der Waals surface area contributed by atoms with Crippen molar-refractivity contribution in [1.82, 2.24) is 5.32 Å². The summed E-state index contributed by atoms with van der Waals surface area (Å²) in [5.41, 5.74) is 1.05. The van der Waals surface area contributed by atoms with Gasteiger partial charge in [0.25, 0.3) is 5.91 Å². The molecule has 0 spiro atoms. The van der Waals surface area contributed by atoms with E-state index in [4.69, 9.17) is 21.7 Å². The summed E-state index contributed by atoms with van der Waals surface area (Å²) in [7, 11) is 2.79. The number of anilines is 1. The summed E-state index contributed by atoms with van der Waals surface area (Å²) in [5.74, 6) is -0.553. The molecule has 0 aliphatic heterocycles. The lowest BCUT2D eigenvalue weighted by atomic mass is 10.1. The summed E-state index contributed by atoms with van der Waals surface area (Å²) >= 11 is 8.76. The lowest BCUT2D eigenvalue weighted by molar-refractivity contribution is 0.0602. The van der Waals surface area contributed by atoms with E-state index >= 15 is 0 Å². The van der Waals surface area contributed by atoms with Crippen molar-refractivity contribution >= 4 is 61.6 Å². The van der Waals surface area contributed by atoms with E-state index in [1.807, 2.05) is 24.3 Å². The van der Waals surface area contributed by atoms with Crippen LogP contribution < -0.4 is 15.4 Å². The van der Waals surface area contributed by atoms with E-state index in [-0.39, 0.29) is 5.11 Å². The van der Waals surface area contributed by atoms with Crippen LogP contribution in [0, 0.1) is 0 Å². The van der Waals surface area contributed by atoms with Crippen molar-refractivity contribution in [2.75, 3.05) is 19.5 Å². The Morgan fingerprint density at radius 3 is 2.41 bits per heavy atom. The smallest absolute Gasteiger partial charge is 0.339 e. The van der Waals surface area contributed by atoms with Gasteiger partial charge in [-0.3, -0.25) is 10.1 Å². The van der Waals surface area contributed by atoms with Crippen molar-refractivity contribution < 1.29 is 19.1 Å². The molecule has 0 aliphatic rings. The highest BCUT2D eigenvalue weighted by Gasteiger charge is 2.19. The zero-order valence-corrected chi connectivity index (χ0v) is 18.0. The maximum absolute atomic E-state index is 12.9. The number of ether oxygens (including phenoxy) is 2. The number of hydrogen-bond acceptors (Lipinski definition) is 5. The van der Waals surface area contributed by atoms with Gasteiger partial charge in [0.2, 0.25) is 0 Å². The first-order chi connectivity index (χ1) is 14.0. The standard InChI is InChI=1S/C21H17BrN2O4S/c1-27-18-15(11-12-7-3-4-8-13(12)17(18)22)19(25)24-21(29)23-16-10-6-5-9-14(16)20(26)28-2/h3-11H,1-2H3,(H2,23,24,25,29).